The van der Waals surface area contributed by atoms with Crippen LogP contribution in [0.4, 0.5) is 14.5 Å². The molecule has 1 fully saturated rings. The van der Waals surface area contributed by atoms with Crippen molar-refractivity contribution < 1.29 is 13.5 Å². The van der Waals surface area contributed by atoms with E-state index in [2.05, 4.69) is 4.90 Å². The number of ether oxygens (including phenoxy) is 1. The van der Waals surface area contributed by atoms with E-state index < -0.39 is 11.6 Å². The minimum absolute atomic E-state index is 0.446. The Hall–Kier alpha value is -2.40. The lowest BCUT2D eigenvalue weighted by Crippen LogP contribution is -2.36. The van der Waals surface area contributed by atoms with Crippen molar-refractivity contribution in [1.29, 1.82) is 0 Å². The van der Waals surface area contributed by atoms with Crippen molar-refractivity contribution in [1.82, 2.24) is 4.57 Å². The number of hydrogen-bond donors (Lipinski definition) is 0. The summed E-state index contributed by atoms with van der Waals surface area (Å²) in [5.74, 6) is -1.08. The van der Waals surface area contributed by atoms with E-state index in [9.17, 15) is 8.78 Å². The van der Waals surface area contributed by atoms with Gasteiger partial charge in [0.2, 0.25) is 0 Å². The lowest BCUT2D eigenvalue weighted by molar-refractivity contribution is 0.123. The number of morpholine rings is 1. The quantitative estimate of drug-likeness (QED) is 0.727. The second-order valence-electron chi connectivity index (χ2n) is 6.01. The van der Waals surface area contributed by atoms with Crippen LogP contribution in [0.25, 0.3) is 10.9 Å². The Bertz CT molecular complexity index is 855. The van der Waals surface area contributed by atoms with Gasteiger partial charge >= 0.3 is 0 Å². The molecule has 5 heteroatoms. The fourth-order valence-electron chi connectivity index (χ4n) is 3.30. The van der Waals surface area contributed by atoms with Gasteiger partial charge in [0, 0.05) is 37.3 Å². The SMILES string of the molecule is Fc1cc(F)c2c(c1)c(N1CCOCC1)cn2Cc1ccccc1. The van der Waals surface area contributed by atoms with Crippen molar-refractivity contribution >= 4 is 16.6 Å². The highest BCUT2D eigenvalue weighted by atomic mass is 19.1. The van der Waals surface area contributed by atoms with E-state index in [-0.39, 0.29) is 0 Å². The van der Waals surface area contributed by atoms with E-state index in [0.717, 1.165) is 30.4 Å². The molecular weight excluding hydrogens is 310 g/mol. The average Bonchev–Trinajstić information content (AvgIpc) is 2.95. The molecule has 0 N–H and O–H groups in total. The summed E-state index contributed by atoms with van der Waals surface area (Å²) in [7, 11) is 0. The van der Waals surface area contributed by atoms with E-state index in [1.807, 2.05) is 41.1 Å². The van der Waals surface area contributed by atoms with E-state index in [0.29, 0.717) is 30.7 Å². The highest BCUT2D eigenvalue weighted by Crippen LogP contribution is 2.33. The third-order valence-corrected chi connectivity index (χ3v) is 4.42. The number of rotatable bonds is 3. The van der Waals surface area contributed by atoms with Gasteiger partial charge in [-0.1, -0.05) is 30.3 Å². The van der Waals surface area contributed by atoms with Gasteiger partial charge in [0.25, 0.3) is 0 Å². The number of benzene rings is 2. The Kier molecular flexibility index (Phi) is 3.94. The Morgan fingerprint density at radius 2 is 1.75 bits per heavy atom. The molecule has 0 amide bonds. The van der Waals surface area contributed by atoms with E-state index in [1.54, 1.807) is 0 Å². The molecule has 0 spiro atoms. The third kappa shape index (κ3) is 2.76. The van der Waals surface area contributed by atoms with Gasteiger partial charge in [-0.2, -0.15) is 0 Å². The molecule has 3 aromatic rings. The van der Waals surface area contributed by atoms with Crippen LogP contribution in [0.15, 0.2) is 48.7 Å². The van der Waals surface area contributed by atoms with Crippen molar-refractivity contribution in [2.75, 3.05) is 31.2 Å². The Morgan fingerprint density at radius 1 is 1.00 bits per heavy atom. The minimum Gasteiger partial charge on any atom is -0.378 e. The summed E-state index contributed by atoms with van der Waals surface area (Å²) in [4.78, 5) is 2.13. The van der Waals surface area contributed by atoms with Gasteiger partial charge in [-0.3, -0.25) is 0 Å². The molecular formula is C19H18F2N2O. The zero-order valence-corrected chi connectivity index (χ0v) is 13.2. The number of fused-ring (bicyclic) bond motifs is 1. The molecule has 1 aliphatic heterocycles. The molecule has 0 aliphatic carbocycles. The molecule has 1 aromatic heterocycles. The molecule has 1 aliphatic rings. The topological polar surface area (TPSA) is 17.4 Å². The largest absolute Gasteiger partial charge is 0.378 e. The summed E-state index contributed by atoms with van der Waals surface area (Å²) < 4.78 is 35.5. The number of anilines is 1. The normalized spacial score (nSPS) is 15.2. The monoisotopic (exact) mass is 328 g/mol. The van der Waals surface area contributed by atoms with Crippen molar-refractivity contribution in [3.63, 3.8) is 0 Å². The fraction of sp³-hybridized carbons (Fsp3) is 0.263. The van der Waals surface area contributed by atoms with Crippen LogP contribution >= 0.6 is 0 Å². The molecule has 1 saturated heterocycles. The number of hydrogen-bond acceptors (Lipinski definition) is 2. The van der Waals surface area contributed by atoms with Crippen LogP contribution < -0.4 is 4.90 Å². The predicted molar refractivity (Wildman–Crippen MR) is 90.4 cm³/mol. The Morgan fingerprint density at radius 3 is 2.50 bits per heavy atom. The fourth-order valence-corrected chi connectivity index (χ4v) is 3.30. The third-order valence-electron chi connectivity index (χ3n) is 4.42. The first-order chi connectivity index (χ1) is 11.7. The molecule has 0 radical (unpaired) electrons. The first-order valence-electron chi connectivity index (χ1n) is 8.07. The van der Waals surface area contributed by atoms with Crippen molar-refractivity contribution in [2.24, 2.45) is 0 Å². The highest BCUT2D eigenvalue weighted by Gasteiger charge is 2.20. The summed E-state index contributed by atoms with van der Waals surface area (Å²) in [5, 5.41) is 0.616. The second kappa shape index (κ2) is 6.24. The van der Waals surface area contributed by atoms with Crippen molar-refractivity contribution in [3.8, 4) is 0 Å². The minimum atomic E-state index is -0.549. The van der Waals surface area contributed by atoms with Gasteiger partial charge in [0.1, 0.15) is 11.6 Å². The number of nitrogens with zero attached hydrogens (tertiary/aromatic N) is 2. The molecule has 2 aromatic carbocycles. The Labute approximate surface area is 139 Å². The van der Waals surface area contributed by atoms with Gasteiger partial charge < -0.3 is 14.2 Å². The van der Waals surface area contributed by atoms with E-state index in [4.69, 9.17) is 4.74 Å². The van der Waals surface area contributed by atoms with Crippen LogP contribution in [0.2, 0.25) is 0 Å². The summed E-state index contributed by atoms with van der Waals surface area (Å²) in [6.45, 7) is 3.25. The maximum atomic E-state index is 14.5. The summed E-state index contributed by atoms with van der Waals surface area (Å²) in [6, 6.07) is 12.2. The van der Waals surface area contributed by atoms with Crippen LogP contribution in [-0.2, 0) is 11.3 Å². The Balaban J connectivity index is 1.84. The highest BCUT2D eigenvalue weighted by molar-refractivity contribution is 5.94. The molecule has 124 valence electrons. The summed E-state index contributed by atoms with van der Waals surface area (Å²) >= 11 is 0. The van der Waals surface area contributed by atoms with Crippen LogP contribution in [-0.4, -0.2) is 30.9 Å². The standard InChI is InChI=1S/C19H18F2N2O/c20-15-10-16-18(22-6-8-24-9-7-22)13-23(19(16)17(21)11-15)12-14-4-2-1-3-5-14/h1-5,10-11,13H,6-9,12H2. The maximum absolute atomic E-state index is 14.5. The number of halogens is 2. The van der Waals surface area contributed by atoms with Gasteiger partial charge in [-0.25, -0.2) is 8.78 Å². The molecule has 0 bridgehead atoms. The van der Waals surface area contributed by atoms with Crippen LogP contribution in [0.3, 0.4) is 0 Å². The molecule has 0 unspecified atom stereocenters. The lowest BCUT2D eigenvalue weighted by Gasteiger charge is -2.28. The maximum Gasteiger partial charge on any atom is 0.150 e. The van der Waals surface area contributed by atoms with Gasteiger partial charge in [0.15, 0.2) is 0 Å². The van der Waals surface area contributed by atoms with E-state index >= 15 is 0 Å². The molecule has 2 heterocycles. The zero-order valence-electron chi connectivity index (χ0n) is 13.2. The van der Waals surface area contributed by atoms with Crippen molar-refractivity contribution in [3.05, 3.63) is 65.9 Å². The average molecular weight is 328 g/mol. The molecule has 4 rings (SSSR count). The van der Waals surface area contributed by atoms with Gasteiger partial charge in [0.05, 0.1) is 24.4 Å². The molecule has 24 heavy (non-hydrogen) atoms. The first-order valence-corrected chi connectivity index (χ1v) is 8.07. The van der Waals surface area contributed by atoms with Gasteiger partial charge in [-0.05, 0) is 11.6 Å². The van der Waals surface area contributed by atoms with Crippen LogP contribution in [0.5, 0.6) is 0 Å². The number of aromatic nitrogens is 1. The van der Waals surface area contributed by atoms with Gasteiger partial charge in [-0.15, -0.1) is 0 Å². The lowest BCUT2D eigenvalue weighted by atomic mass is 10.2. The smallest absolute Gasteiger partial charge is 0.150 e. The van der Waals surface area contributed by atoms with Crippen LogP contribution in [0.1, 0.15) is 5.56 Å². The first kappa shape index (κ1) is 15.1. The molecule has 3 nitrogen and oxygen atoms in total. The summed E-state index contributed by atoms with van der Waals surface area (Å²) in [6.07, 6.45) is 1.92. The van der Waals surface area contributed by atoms with Crippen LogP contribution in [0, 0.1) is 11.6 Å². The zero-order chi connectivity index (χ0) is 16.5. The molecule has 0 atom stereocenters. The predicted octanol–water partition coefficient (Wildman–Crippen LogP) is 3.80. The molecule has 0 saturated carbocycles. The summed E-state index contributed by atoms with van der Waals surface area (Å²) in [5.41, 5.74) is 2.39. The van der Waals surface area contributed by atoms with E-state index in [1.165, 1.54) is 6.07 Å². The van der Waals surface area contributed by atoms with Crippen molar-refractivity contribution in [2.45, 2.75) is 6.54 Å². The second-order valence-corrected chi connectivity index (χ2v) is 6.01.